The maximum absolute atomic E-state index is 11.7. The largest absolute Gasteiger partial charge is 0.501 e. The van der Waals surface area contributed by atoms with Gasteiger partial charge in [0.2, 0.25) is 0 Å². The van der Waals surface area contributed by atoms with Crippen molar-refractivity contribution in [1.29, 1.82) is 0 Å². The monoisotopic (exact) mass is 324 g/mol. The summed E-state index contributed by atoms with van der Waals surface area (Å²) in [6.45, 7) is 7.71. The van der Waals surface area contributed by atoms with Crippen LogP contribution in [-0.4, -0.2) is 66.1 Å². The minimum Gasteiger partial charge on any atom is -0.463 e. The van der Waals surface area contributed by atoms with Crippen molar-refractivity contribution in [3.8, 4) is 0 Å². The van der Waals surface area contributed by atoms with Gasteiger partial charge in [-0.05, 0) is 20.8 Å². The highest BCUT2D eigenvalue weighted by Gasteiger charge is 2.40. The molecular weight excluding hydrogens is 296 g/mol. The molecule has 0 saturated carbocycles. The van der Waals surface area contributed by atoms with E-state index in [4.69, 9.17) is 27.9 Å². The smallest absolute Gasteiger partial charge is 0.463 e. The average molecular weight is 324 g/mol. The fourth-order valence-electron chi connectivity index (χ4n) is 1.71. The Kier molecular flexibility index (Phi) is 12.8. The van der Waals surface area contributed by atoms with Crippen molar-refractivity contribution < 1.29 is 32.7 Å². The SMILES string of the molecule is CCO[Si](CCC(=O)OCCOCCO)(OCC)OCC. The Balaban J connectivity index is 4.11. The molecule has 0 aliphatic heterocycles. The van der Waals surface area contributed by atoms with E-state index in [1.165, 1.54) is 0 Å². The van der Waals surface area contributed by atoms with Gasteiger partial charge in [-0.25, -0.2) is 0 Å². The molecule has 0 spiro atoms. The van der Waals surface area contributed by atoms with Crippen LogP contribution in [0.3, 0.4) is 0 Å². The summed E-state index contributed by atoms with van der Waals surface area (Å²) < 4.78 is 27.0. The summed E-state index contributed by atoms with van der Waals surface area (Å²) in [7, 11) is -2.78. The second-order valence-electron chi connectivity index (χ2n) is 4.04. The normalized spacial score (nSPS) is 11.6. The first kappa shape index (κ1) is 20.5. The summed E-state index contributed by atoms with van der Waals surface area (Å²) in [5, 5.41) is 8.53. The predicted molar refractivity (Wildman–Crippen MR) is 78.9 cm³/mol. The van der Waals surface area contributed by atoms with E-state index in [0.717, 1.165) is 0 Å². The Labute approximate surface area is 127 Å². The number of esters is 1. The number of hydrogen-bond acceptors (Lipinski definition) is 7. The van der Waals surface area contributed by atoms with E-state index in [1.54, 1.807) is 0 Å². The third-order valence-electron chi connectivity index (χ3n) is 2.45. The topological polar surface area (TPSA) is 83.5 Å². The summed E-state index contributed by atoms with van der Waals surface area (Å²) in [6.07, 6.45) is 0.187. The number of carbonyl (C=O) groups excluding carboxylic acids is 1. The van der Waals surface area contributed by atoms with Crippen molar-refractivity contribution in [2.24, 2.45) is 0 Å². The van der Waals surface area contributed by atoms with Crippen LogP contribution in [0.4, 0.5) is 0 Å². The van der Waals surface area contributed by atoms with E-state index >= 15 is 0 Å². The zero-order valence-corrected chi connectivity index (χ0v) is 14.3. The van der Waals surface area contributed by atoms with Crippen LogP contribution in [-0.2, 0) is 27.5 Å². The zero-order chi connectivity index (χ0) is 16.0. The minimum absolute atomic E-state index is 0.0425. The van der Waals surface area contributed by atoms with Crippen molar-refractivity contribution in [3.05, 3.63) is 0 Å². The second-order valence-corrected chi connectivity index (χ2v) is 6.77. The highest BCUT2D eigenvalue weighted by atomic mass is 28.4. The molecule has 0 bridgehead atoms. The predicted octanol–water partition coefficient (Wildman–Crippen LogP) is 0.977. The molecule has 0 radical (unpaired) electrons. The van der Waals surface area contributed by atoms with Crippen LogP contribution in [0.25, 0.3) is 0 Å². The van der Waals surface area contributed by atoms with E-state index in [9.17, 15) is 4.79 Å². The Morgan fingerprint density at radius 1 is 0.952 bits per heavy atom. The molecule has 0 aromatic carbocycles. The first-order chi connectivity index (χ1) is 10.1. The van der Waals surface area contributed by atoms with Gasteiger partial charge in [-0.15, -0.1) is 0 Å². The van der Waals surface area contributed by atoms with Gasteiger partial charge < -0.3 is 27.9 Å². The third-order valence-corrected chi connectivity index (χ3v) is 5.50. The molecule has 0 fully saturated rings. The average Bonchev–Trinajstić information content (AvgIpc) is 2.46. The van der Waals surface area contributed by atoms with Gasteiger partial charge in [-0.3, -0.25) is 4.79 Å². The van der Waals surface area contributed by atoms with Crippen molar-refractivity contribution in [3.63, 3.8) is 0 Å². The maximum Gasteiger partial charge on any atom is 0.501 e. The number of aliphatic hydroxyl groups excluding tert-OH is 1. The number of rotatable bonds is 14. The van der Waals surface area contributed by atoms with Gasteiger partial charge >= 0.3 is 14.8 Å². The lowest BCUT2D eigenvalue weighted by Crippen LogP contribution is -2.46. The highest BCUT2D eigenvalue weighted by Crippen LogP contribution is 2.18. The van der Waals surface area contributed by atoms with Crippen LogP contribution in [0.2, 0.25) is 6.04 Å². The van der Waals surface area contributed by atoms with Crippen molar-refractivity contribution in [2.75, 3.05) is 46.2 Å². The lowest BCUT2D eigenvalue weighted by atomic mass is 10.5. The van der Waals surface area contributed by atoms with Gasteiger partial charge in [0.05, 0.1) is 19.8 Å². The number of carbonyl (C=O) groups is 1. The molecule has 0 aromatic rings. The fraction of sp³-hybridized carbons (Fsp3) is 0.923. The Morgan fingerprint density at radius 3 is 2.00 bits per heavy atom. The van der Waals surface area contributed by atoms with Crippen LogP contribution < -0.4 is 0 Å². The summed E-state index contributed by atoms with van der Waals surface area (Å²) in [6, 6.07) is 0.402. The van der Waals surface area contributed by atoms with E-state index in [1.807, 2.05) is 20.8 Å². The van der Waals surface area contributed by atoms with Crippen molar-refractivity contribution >= 4 is 14.8 Å². The molecule has 126 valence electrons. The summed E-state index contributed by atoms with van der Waals surface area (Å²) in [4.78, 5) is 11.7. The lowest BCUT2D eigenvalue weighted by molar-refractivity contribution is -0.145. The molecule has 0 saturated heterocycles. The van der Waals surface area contributed by atoms with Gasteiger partial charge in [0.15, 0.2) is 0 Å². The summed E-state index contributed by atoms with van der Waals surface area (Å²) >= 11 is 0. The number of aliphatic hydroxyl groups is 1. The number of hydrogen-bond donors (Lipinski definition) is 1. The fourth-order valence-corrected chi connectivity index (χ4v) is 4.22. The molecule has 0 aromatic heterocycles. The molecule has 0 rings (SSSR count). The van der Waals surface area contributed by atoms with Crippen molar-refractivity contribution in [1.82, 2.24) is 0 Å². The minimum atomic E-state index is -2.78. The zero-order valence-electron chi connectivity index (χ0n) is 13.3. The summed E-state index contributed by atoms with van der Waals surface area (Å²) in [5.74, 6) is -0.335. The standard InChI is InChI=1S/C13H28O7Si/c1-4-18-21(19-5-2,20-6-3)12-7-13(15)17-11-10-16-9-8-14/h14H,4-12H2,1-3H3. The molecule has 8 heteroatoms. The Hall–Kier alpha value is -0.513. The highest BCUT2D eigenvalue weighted by molar-refractivity contribution is 6.60. The van der Waals surface area contributed by atoms with Gasteiger partial charge in [-0.1, -0.05) is 0 Å². The van der Waals surface area contributed by atoms with Gasteiger partial charge in [0.25, 0.3) is 0 Å². The molecule has 0 unspecified atom stereocenters. The second kappa shape index (κ2) is 13.2. The van der Waals surface area contributed by atoms with Crippen molar-refractivity contribution in [2.45, 2.75) is 33.2 Å². The molecular formula is C13H28O7Si. The molecule has 0 amide bonds. The van der Waals surface area contributed by atoms with Crippen LogP contribution in [0.5, 0.6) is 0 Å². The molecule has 21 heavy (non-hydrogen) atoms. The van der Waals surface area contributed by atoms with Gasteiger partial charge in [-0.2, -0.15) is 0 Å². The Morgan fingerprint density at radius 2 is 1.52 bits per heavy atom. The first-order valence-electron chi connectivity index (χ1n) is 7.40. The molecule has 0 atom stereocenters. The van der Waals surface area contributed by atoms with E-state index in [-0.39, 0.29) is 38.8 Å². The first-order valence-corrected chi connectivity index (χ1v) is 9.33. The molecule has 1 N–H and O–H groups in total. The van der Waals surface area contributed by atoms with E-state index in [2.05, 4.69) is 0 Å². The van der Waals surface area contributed by atoms with Crippen LogP contribution in [0.1, 0.15) is 27.2 Å². The quantitative estimate of drug-likeness (QED) is 0.290. The molecule has 7 nitrogen and oxygen atoms in total. The number of ether oxygens (including phenoxy) is 2. The van der Waals surface area contributed by atoms with Crippen LogP contribution >= 0.6 is 0 Å². The maximum atomic E-state index is 11.7. The third kappa shape index (κ3) is 9.94. The molecule has 0 heterocycles. The lowest BCUT2D eigenvalue weighted by Gasteiger charge is -2.28. The van der Waals surface area contributed by atoms with Crippen LogP contribution in [0.15, 0.2) is 0 Å². The van der Waals surface area contributed by atoms with Crippen LogP contribution in [0, 0.1) is 0 Å². The Bertz CT molecular complexity index is 246. The van der Waals surface area contributed by atoms with E-state index < -0.39 is 8.80 Å². The molecule has 0 aliphatic rings. The van der Waals surface area contributed by atoms with E-state index in [0.29, 0.717) is 25.9 Å². The van der Waals surface area contributed by atoms with Gasteiger partial charge in [0, 0.05) is 32.3 Å². The molecule has 0 aliphatic carbocycles. The van der Waals surface area contributed by atoms with Gasteiger partial charge in [0.1, 0.15) is 6.61 Å². The summed E-state index contributed by atoms with van der Waals surface area (Å²) in [5.41, 5.74) is 0.